The number of nitro groups is 1. The fraction of sp³-hybridized carbons (Fsp3) is 0.600. The third-order valence-electron chi connectivity index (χ3n) is 3.48. The smallest absolute Gasteiger partial charge is 0.269 e. The number of rotatable bonds is 3. The predicted octanol–water partition coefficient (Wildman–Crippen LogP) is 2.77. The van der Waals surface area contributed by atoms with Crippen LogP contribution in [0.25, 0.3) is 0 Å². The highest BCUT2D eigenvalue weighted by Crippen LogP contribution is 2.22. The summed E-state index contributed by atoms with van der Waals surface area (Å²) >= 11 is 0. The van der Waals surface area contributed by atoms with Crippen molar-refractivity contribution in [1.82, 2.24) is 4.90 Å². The zero-order chi connectivity index (χ0) is 14.8. The first-order valence-corrected chi connectivity index (χ1v) is 6.98. The molecule has 0 aromatic heterocycles. The summed E-state index contributed by atoms with van der Waals surface area (Å²) in [5.74, 6) is 0. The lowest BCUT2D eigenvalue weighted by Gasteiger charge is -2.26. The molecular formula is C15H22N2O3. The molecule has 0 bridgehead atoms. The average molecular weight is 278 g/mol. The molecule has 0 aliphatic carbocycles. The van der Waals surface area contributed by atoms with E-state index in [4.69, 9.17) is 4.74 Å². The summed E-state index contributed by atoms with van der Waals surface area (Å²) in [5.41, 5.74) is 2.35. The van der Waals surface area contributed by atoms with E-state index < -0.39 is 0 Å². The highest BCUT2D eigenvalue weighted by molar-refractivity contribution is 5.40. The van der Waals surface area contributed by atoms with Crippen molar-refractivity contribution in [2.75, 3.05) is 19.8 Å². The number of hydrogen-bond donors (Lipinski definition) is 0. The first-order chi connectivity index (χ1) is 9.35. The Labute approximate surface area is 119 Å². The van der Waals surface area contributed by atoms with Gasteiger partial charge in [0.2, 0.25) is 0 Å². The molecule has 20 heavy (non-hydrogen) atoms. The van der Waals surface area contributed by atoms with Crippen molar-refractivity contribution < 1.29 is 9.66 Å². The molecule has 1 aromatic rings. The second-order valence-electron chi connectivity index (χ2n) is 6.21. The Balaban J connectivity index is 2.01. The molecule has 0 saturated carbocycles. The van der Waals surface area contributed by atoms with Gasteiger partial charge in [-0.25, -0.2) is 0 Å². The van der Waals surface area contributed by atoms with Crippen LogP contribution in [0.2, 0.25) is 0 Å². The Morgan fingerprint density at radius 2 is 1.90 bits per heavy atom. The number of benzene rings is 1. The van der Waals surface area contributed by atoms with Crippen LogP contribution in [0.4, 0.5) is 5.69 Å². The lowest BCUT2D eigenvalue weighted by molar-refractivity contribution is -0.384. The van der Waals surface area contributed by atoms with E-state index in [1.807, 2.05) is 26.8 Å². The van der Waals surface area contributed by atoms with E-state index in [0.29, 0.717) is 6.73 Å². The summed E-state index contributed by atoms with van der Waals surface area (Å²) in [4.78, 5) is 12.8. The summed E-state index contributed by atoms with van der Waals surface area (Å²) in [5, 5.41) is 10.8. The van der Waals surface area contributed by atoms with Crippen molar-refractivity contribution in [3.05, 3.63) is 39.4 Å². The minimum atomic E-state index is -0.328. The maximum Gasteiger partial charge on any atom is 0.269 e. The quantitative estimate of drug-likeness (QED) is 0.630. The highest BCUT2D eigenvalue weighted by Gasteiger charge is 2.18. The first kappa shape index (κ1) is 14.9. The van der Waals surface area contributed by atoms with Crippen LogP contribution in [0.15, 0.2) is 18.2 Å². The van der Waals surface area contributed by atoms with E-state index >= 15 is 0 Å². The van der Waals surface area contributed by atoms with Crippen LogP contribution in [-0.4, -0.2) is 35.2 Å². The van der Waals surface area contributed by atoms with Gasteiger partial charge in [-0.1, -0.05) is 6.07 Å². The fourth-order valence-electron chi connectivity index (χ4n) is 2.29. The van der Waals surface area contributed by atoms with E-state index in [2.05, 4.69) is 4.90 Å². The Morgan fingerprint density at radius 1 is 1.25 bits per heavy atom. The monoisotopic (exact) mass is 278 g/mol. The molecule has 1 heterocycles. The second-order valence-corrected chi connectivity index (χ2v) is 6.21. The van der Waals surface area contributed by atoms with E-state index in [1.54, 1.807) is 12.1 Å². The molecule has 0 amide bonds. The number of fused-ring (bicyclic) bond motifs is 1. The summed E-state index contributed by atoms with van der Waals surface area (Å²) in [6.07, 6.45) is 1.76. The Bertz CT molecular complexity index is 494. The molecule has 0 fully saturated rings. The molecule has 1 aliphatic heterocycles. The fourth-order valence-corrected chi connectivity index (χ4v) is 2.29. The lowest BCUT2D eigenvalue weighted by atomic mass is 10.0. The lowest BCUT2D eigenvalue weighted by Crippen LogP contribution is -2.33. The van der Waals surface area contributed by atoms with E-state index in [1.165, 1.54) is 5.56 Å². The molecule has 1 aromatic carbocycles. The SMILES string of the molecule is CC(C)(C)OCN1CCc2ccc([N+](=O)[O-])cc2CC1. The Hall–Kier alpha value is -1.46. The van der Waals surface area contributed by atoms with Gasteiger partial charge in [0, 0.05) is 25.2 Å². The molecule has 5 nitrogen and oxygen atoms in total. The van der Waals surface area contributed by atoms with Crippen LogP contribution >= 0.6 is 0 Å². The third kappa shape index (κ3) is 4.02. The van der Waals surface area contributed by atoms with Crippen LogP contribution in [0.5, 0.6) is 0 Å². The molecule has 0 saturated heterocycles. The van der Waals surface area contributed by atoms with Gasteiger partial charge in [-0.05, 0) is 44.7 Å². The zero-order valence-electron chi connectivity index (χ0n) is 12.4. The van der Waals surface area contributed by atoms with Crippen molar-refractivity contribution in [1.29, 1.82) is 0 Å². The summed E-state index contributed by atoms with van der Waals surface area (Å²) in [6.45, 7) is 8.56. The van der Waals surface area contributed by atoms with Crippen molar-refractivity contribution in [3.8, 4) is 0 Å². The first-order valence-electron chi connectivity index (χ1n) is 6.98. The summed E-state index contributed by atoms with van der Waals surface area (Å²) in [6, 6.07) is 5.20. The van der Waals surface area contributed by atoms with Gasteiger partial charge in [-0.2, -0.15) is 0 Å². The molecule has 0 spiro atoms. The van der Waals surface area contributed by atoms with E-state index in [0.717, 1.165) is 31.5 Å². The van der Waals surface area contributed by atoms with Crippen molar-refractivity contribution in [2.45, 2.75) is 39.2 Å². The van der Waals surface area contributed by atoms with Gasteiger partial charge in [0.15, 0.2) is 0 Å². The van der Waals surface area contributed by atoms with Gasteiger partial charge < -0.3 is 4.74 Å². The van der Waals surface area contributed by atoms with Crippen molar-refractivity contribution >= 4 is 5.69 Å². The minimum Gasteiger partial charge on any atom is -0.360 e. The molecule has 1 aliphatic rings. The van der Waals surface area contributed by atoms with Crippen molar-refractivity contribution in [2.24, 2.45) is 0 Å². The summed E-state index contributed by atoms with van der Waals surface area (Å²) in [7, 11) is 0. The van der Waals surface area contributed by atoms with Crippen LogP contribution in [0, 0.1) is 10.1 Å². The number of non-ortho nitro benzene ring substituents is 1. The molecule has 0 unspecified atom stereocenters. The van der Waals surface area contributed by atoms with Gasteiger partial charge in [-0.3, -0.25) is 15.0 Å². The van der Waals surface area contributed by atoms with Crippen molar-refractivity contribution in [3.63, 3.8) is 0 Å². The Kier molecular flexibility index (Phi) is 4.40. The maximum absolute atomic E-state index is 10.8. The molecule has 0 atom stereocenters. The van der Waals surface area contributed by atoms with Gasteiger partial charge in [-0.15, -0.1) is 0 Å². The molecule has 2 rings (SSSR count). The standard InChI is InChI=1S/C15H22N2O3/c1-15(2,3)20-11-16-8-6-12-4-5-14(17(18)19)10-13(12)7-9-16/h4-5,10H,6-9,11H2,1-3H3. The zero-order valence-corrected chi connectivity index (χ0v) is 12.4. The van der Waals surface area contributed by atoms with Gasteiger partial charge >= 0.3 is 0 Å². The Morgan fingerprint density at radius 3 is 2.50 bits per heavy atom. The molecule has 0 radical (unpaired) electrons. The molecule has 110 valence electrons. The minimum absolute atomic E-state index is 0.141. The van der Waals surface area contributed by atoms with E-state index in [9.17, 15) is 10.1 Å². The van der Waals surface area contributed by atoms with Crippen LogP contribution in [-0.2, 0) is 17.6 Å². The van der Waals surface area contributed by atoms with Crippen LogP contribution < -0.4 is 0 Å². The van der Waals surface area contributed by atoms with Crippen LogP contribution in [0.1, 0.15) is 31.9 Å². The second kappa shape index (κ2) is 5.89. The largest absolute Gasteiger partial charge is 0.360 e. The van der Waals surface area contributed by atoms with Gasteiger partial charge in [0.1, 0.15) is 0 Å². The highest BCUT2D eigenvalue weighted by atomic mass is 16.6. The average Bonchev–Trinajstić information content (AvgIpc) is 2.57. The number of nitrogens with zero attached hydrogens (tertiary/aromatic N) is 2. The number of ether oxygens (including phenoxy) is 1. The maximum atomic E-state index is 10.8. The third-order valence-corrected chi connectivity index (χ3v) is 3.48. The van der Waals surface area contributed by atoms with Gasteiger partial charge in [0.25, 0.3) is 5.69 Å². The predicted molar refractivity (Wildman–Crippen MR) is 77.8 cm³/mol. The van der Waals surface area contributed by atoms with Crippen LogP contribution in [0.3, 0.4) is 0 Å². The number of hydrogen-bond acceptors (Lipinski definition) is 4. The normalized spacial score (nSPS) is 16.6. The summed E-state index contributed by atoms with van der Waals surface area (Å²) < 4.78 is 5.80. The topological polar surface area (TPSA) is 55.6 Å². The molecule has 5 heteroatoms. The molecular weight excluding hydrogens is 256 g/mol. The van der Waals surface area contributed by atoms with Gasteiger partial charge in [0.05, 0.1) is 17.3 Å². The molecule has 0 N–H and O–H groups in total. The number of nitro benzene ring substituents is 1. The van der Waals surface area contributed by atoms with E-state index in [-0.39, 0.29) is 16.2 Å².